The molecule has 0 fully saturated rings. The first-order valence-electron chi connectivity index (χ1n) is 6.01. The van der Waals surface area contributed by atoms with Crippen molar-refractivity contribution in [1.29, 1.82) is 0 Å². The molecule has 0 saturated carbocycles. The van der Waals surface area contributed by atoms with Gasteiger partial charge in [0.2, 0.25) is 5.88 Å². The lowest BCUT2D eigenvalue weighted by Crippen LogP contribution is -2.10. The Balaban J connectivity index is 2.55. The maximum absolute atomic E-state index is 5.95. The van der Waals surface area contributed by atoms with Crippen molar-refractivity contribution < 1.29 is 4.74 Å². The third-order valence-electron chi connectivity index (χ3n) is 3.08. The number of alkyl halides is 1. The lowest BCUT2D eigenvalue weighted by Gasteiger charge is -2.12. The molecule has 0 aliphatic heterocycles. The van der Waals surface area contributed by atoms with Crippen LogP contribution in [0, 0.1) is 5.92 Å². The van der Waals surface area contributed by atoms with Crippen LogP contribution in [0.4, 0.5) is 0 Å². The zero-order valence-corrected chi connectivity index (χ0v) is 11.6. The van der Waals surface area contributed by atoms with E-state index >= 15 is 0 Å². The Morgan fingerprint density at radius 2 is 2.22 bits per heavy atom. The standard InChI is InChI=1S/C12H17ClN4O/c1-4-8(2)6-17-9(5-13)16-10-11(17)14-7-15-12(10)18-3/h7-8H,4-6H2,1-3H3. The van der Waals surface area contributed by atoms with Crippen molar-refractivity contribution in [3.05, 3.63) is 12.2 Å². The van der Waals surface area contributed by atoms with Crippen molar-refractivity contribution in [3.8, 4) is 5.88 Å². The van der Waals surface area contributed by atoms with Gasteiger partial charge in [0.1, 0.15) is 12.2 Å². The summed E-state index contributed by atoms with van der Waals surface area (Å²) in [7, 11) is 1.58. The Morgan fingerprint density at radius 3 is 2.83 bits per heavy atom. The van der Waals surface area contributed by atoms with Gasteiger partial charge in [0.15, 0.2) is 11.2 Å². The minimum atomic E-state index is 0.357. The molecule has 0 radical (unpaired) electrons. The van der Waals surface area contributed by atoms with Crippen molar-refractivity contribution in [2.75, 3.05) is 7.11 Å². The predicted molar refractivity (Wildman–Crippen MR) is 70.9 cm³/mol. The van der Waals surface area contributed by atoms with Crippen molar-refractivity contribution in [2.24, 2.45) is 5.92 Å². The molecule has 5 nitrogen and oxygen atoms in total. The van der Waals surface area contributed by atoms with E-state index in [9.17, 15) is 0 Å². The highest BCUT2D eigenvalue weighted by Crippen LogP contribution is 2.23. The Kier molecular flexibility index (Phi) is 4.01. The van der Waals surface area contributed by atoms with Gasteiger partial charge in [-0.3, -0.25) is 0 Å². The van der Waals surface area contributed by atoms with Gasteiger partial charge in [-0.15, -0.1) is 11.6 Å². The fourth-order valence-electron chi connectivity index (χ4n) is 1.84. The molecule has 0 amide bonds. The molecule has 0 bridgehead atoms. The van der Waals surface area contributed by atoms with Crippen molar-refractivity contribution in [2.45, 2.75) is 32.7 Å². The number of hydrogen-bond acceptors (Lipinski definition) is 4. The monoisotopic (exact) mass is 268 g/mol. The zero-order valence-electron chi connectivity index (χ0n) is 10.9. The largest absolute Gasteiger partial charge is 0.479 e. The minimum absolute atomic E-state index is 0.357. The summed E-state index contributed by atoms with van der Waals surface area (Å²) in [4.78, 5) is 12.8. The molecule has 2 aromatic heterocycles. The number of fused-ring (bicyclic) bond motifs is 1. The molecule has 2 rings (SSSR count). The summed E-state index contributed by atoms with van der Waals surface area (Å²) in [6.07, 6.45) is 2.59. The van der Waals surface area contributed by atoms with E-state index in [2.05, 4.69) is 33.4 Å². The van der Waals surface area contributed by atoms with Crippen LogP contribution in [0.25, 0.3) is 11.2 Å². The van der Waals surface area contributed by atoms with Crippen LogP contribution in [0.3, 0.4) is 0 Å². The molecule has 2 aromatic rings. The van der Waals surface area contributed by atoms with Crippen LogP contribution in [0.1, 0.15) is 26.1 Å². The van der Waals surface area contributed by atoms with Gasteiger partial charge in [0.25, 0.3) is 0 Å². The summed E-state index contributed by atoms with van der Waals surface area (Å²) in [6.45, 7) is 5.22. The van der Waals surface area contributed by atoms with Crippen LogP contribution >= 0.6 is 11.6 Å². The fraction of sp³-hybridized carbons (Fsp3) is 0.583. The molecule has 2 heterocycles. The number of nitrogens with zero attached hydrogens (tertiary/aromatic N) is 4. The lowest BCUT2D eigenvalue weighted by atomic mass is 10.1. The third kappa shape index (κ3) is 2.27. The van der Waals surface area contributed by atoms with Crippen LogP contribution in [0.2, 0.25) is 0 Å². The number of imidazole rings is 1. The van der Waals surface area contributed by atoms with E-state index < -0.39 is 0 Å². The smallest absolute Gasteiger partial charge is 0.245 e. The van der Waals surface area contributed by atoms with Gasteiger partial charge >= 0.3 is 0 Å². The Morgan fingerprint density at radius 1 is 1.44 bits per heavy atom. The van der Waals surface area contributed by atoms with Crippen LogP contribution in [0.15, 0.2) is 6.33 Å². The number of hydrogen-bond donors (Lipinski definition) is 0. The molecule has 1 unspecified atom stereocenters. The summed E-state index contributed by atoms with van der Waals surface area (Å²) >= 11 is 5.95. The van der Waals surface area contributed by atoms with Gasteiger partial charge < -0.3 is 9.30 Å². The van der Waals surface area contributed by atoms with E-state index in [1.54, 1.807) is 7.11 Å². The second-order valence-corrected chi connectivity index (χ2v) is 4.61. The summed E-state index contributed by atoms with van der Waals surface area (Å²) in [5, 5.41) is 0. The molecule has 0 N–H and O–H groups in total. The highest BCUT2D eigenvalue weighted by atomic mass is 35.5. The van der Waals surface area contributed by atoms with E-state index in [4.69, 9.17) is 16.3 Å². The number of methoxy groups -OCH3 is 1. The zero-order chi connectivity index (χ0) is 13.1. The SMILES string of the molecule is CCC(C)Cn1c(CCl)nc2c(OC)ncnc21. The topological polar surface area (TPSA) is 52.8 Å². The van der Waals surface area contributed by atoms with E-state index in [0.29, 0.717) is 23.2 Å². The summed E-state index contributed by atoms with van der Waals surface area (Å²) < 4.78 is 7.26. The first-order chi connectivity index (χ1) is 8.71. The Bertz CT molecular complexity index is 540. The van der Waals surface area contributed by atoms with E-state index in [-0.39, 0.29) is 0 Å². The average Bonchev–Trinajstić information content (AvgIpc) is 2.76. The first-order valence-corrected chi connectivity index (χ1v) is 6.54. The molecule has 98 valence electrons. The molecule has 0 aliphatic rings. The van der Waals surface area contributed by atoms with Gasteiger partial charge in [-0.1, -0.05) is 20.3 Å². The van der Waals surface area contributed by atoms with Crippen molar-refractivity contribution >= 4 is 22.8 Å². The van der Waals surface area contributed by atoms with Gasteiger partial charge in [0, 0.05) is 6.54 Å². The van der Waals surface area contributed by atoms with Crippen molar-refractivity contribution in [1.82, 2.24) is 19.5 Å². The number of rotatable bonds is 5. The second-order valence-electron chi connectivity index (χ2n) is 4.34. The van der Waals surface area contributed by atoms with Crippen LogP contribution in [-0.2, 0) is 12.4 Å². The summed E-state index contributed by atoms with van der Waals surface area (Å²) in [5.74, 6) is 2.21. The van der Waals surface area contributed by atoms with Crippen LogP contribution < -0.4 is 4.74 Å². The lowest BCUT2D eigenvalue weighted by molar-refractivity contribution is 0.401. The van der Waals surface area contributed by atoms with Crippen LogP contribution in [-0.4, -0.2) is 26.6 Å². The average molecular weight is 269 g/mol. The van der Waals surface area contributed by atoms with Crippen LogP contribution in [0.5, 0.6) is 5.88 Å². The predicted octanol–water partition coefficient (Wildman–Crippen LogP) is 2.62. The number of halogens is 1. The van der Waals surface area contributed by atoms with Gasteiger partial charge in [0.05, 0.1) is 13.0 Å². The summed E-state index contributed by atoms with van der Waals surface area (Å²) in [5.41, 5.74) is 1.47. The molecule has 1 atom stereocenters. The third-order valence-corrected chi connectivity index (χ3v) is 3.32. The van der Waals surface area contributed by atoms with Gasteiger partial charge in [-0.25, -0.2) is 9.97 Å². The normalized spacial score (nSPS) is 12.9. The number of aromatic nitrogens is 4. The van der Waals surface area contributed by atoms with E-state index in [1.165, 1.54) is 6.33 Å². The maximum Gasteiger partial charge on any atom is 0.245 e. The van der Waals surface area contributed by atoms with E-state index in [1.807, 2.05) is 0 Å². The molecule has 6 heteroatoms. The van der Waals surface area contributed by atoms with Gasteiger partial charge in [-0.2, -0.15) is 4.98 Å². The summed E-state index contributed by atoms with van der Waals surface area (Å²) in [6, 6.07) is 0. The molecular formula is C12H17ClN4O. The molecule has 0 saturated heterocycles. The molecule has 18 heavy (non-hydrogen) atoms. The quantitative estimate of drug-likeness (QED) is 0.782. The Labute approximate surface area is 111 Å². The molecule has 0 aliphatic carbocycles. The maximum atomic E-state index is 5.95. The minimum Gasteiger partial charge on any atom is -0.479 e. The highest BCUT2D eigenvalue weighted by molar-refractivity contribution is 6.16. The Hall–Kier alpha value is -1.36. The molecule has 0 spiro atoms. The highest BCUT2D eigenvalue weighted by Gasteiger charge is 2.16. The van der Waals surface area contributed by atoms with E-state index in [0.717, 1.165) is 24.4 Å². The fourth-order valence-corrected chi connectivity index (χ4v) is 2.05. The van der Waals surface area contributed by atoms with Crippen molar-refractivity contribution in [3.63, 3.8) is 0 Å². The molecule has 0 aromatic carbocycles. The van der Waals surface area contributed by atoms with Gasteiger partial charge in [-0.05, 0) is 5.92 Å². The molecular weight excluding hydrogens is 252 g/mol. The first kappa shape index (κ1) is 13.1. The second kappa shape index (κ2) is 5.52. The number of ether oxygens (including phenoxy) is 1.